The van der Waals surface area contributed by atoms with Crippen LogP contribution in [-0.4, -0.2) is 26.6 Å². The number of aromatic nitrogens is 3. The van der Waals surface area contributed by atoms with Crippen LogP contribution in [0, 0.1) is 5.41 Å². The fourth-order valence-electron chi connectivity index (χ4n) is 3.91. The number of fused-ring (bicyclic) bond motifs is 2. The third kappa shape index (κ3) is 3.12. The molecule has 0 atom stereocenters. The quantitative estimate of drug-likeness (QED) is 0.459. The zero-order chi connectivity index (χ0) is 19.8. The molecule has 4 aromatic rings. The Morgan fingerprint density at radius 2 is 2.03 bits per heavy atom. The van der Waals surface area contributed by atoms with Crippen molar-refractivity contribution in [2.45, 2.75) is 19.8 Å². The molecule has 5 rings (SSSR count). The number of hydrogen-bond acceptors (Lipinski definition) is 5. The lowest BCUT2D eigenvalue weighted by atomic mass is 10.1. The van der Waals surface area contributed by atoms with Gasteiger partial charge < -0.3 is 16.0 Å². The van der Waals surface area contributed by atoms with E-state index in [0.717, 1.165) is 64.8 Å². The molecule has 0 radical (unpaired) electrons. The minimum Gasteiger partial charge on any atom is -0.385 e. The molecule has 3 N–H and O–H groups in total. The Hall–Kier alpha value is -3.67. The Morgan fingerprint density at radius 1 is 1.10 bits per heavy atom. The summed E-state index contributed by atoms with van der Waals surface area (Å²) in [6.45, 7) is 2.96. The van der Waals surface area contributed by atoms with Crippen LogP contribution in [0.3, 0.4) is 0 Å². The molecular weight excluding hydrogens is 360 g/mol. The summed E-state index contributed by atoms with van der Waals surface area (Å²) in [5.74, 6) is 0.907. The smallest absolute Gasteiger partial charge is 0.157 e. The van der Waals surface area contributed by atoms with E-state index >= 15 is 0 Å². The molecule has 1 aliphatic rings. The van der Waals surface area contributed by atoms with Crippen LogP contribution in [0.5, 0.6) is 0 Å². The SMILES string of the molecule is CCNc1cccc(-c2nc3cnccn3c2Nc2ccc3c(c2)CCC3=N)c1. The number of hydrogen-bond donors (Lipinski definition) is 3. The van der Waals surface area contributed by atoms with Crippen LogP contribution < -0.4 is 10.6 Å². The maximum absolute atomic E-state index is 8.06. The van der Waals surface area contributed by atoms with Gasteiger partial charge in [-0.05, 0) is 55.2 Å². The summed E-state index contributed by atoms with van der Waals surface area (Å²) < 4.78 is 2.03. The van der Waals surface area contributed by atoms with E-state index < -0.39 is 0 Å². The Morgan fingerprint density at radius 3 is 2.93 bits per heavy atom. The van der Waals surface area contributed by atoms with Gasteiger partial charge >= 0.3 is 0 Å². The lowest BCUT2D eigenvalue weighted by Gasteiger charge is -2.11. The molecule has 2 aromatic heterocycles. The molecule has 0 bridgehead atoms. The number of benzene rings is 2. The molecule has 144 valence electrons. The average Bonchev–Trinajstić information content (AvgIpc) is 3.29. The molecular formula is C23H22N6. The maximum Gasteiger partial charge on any atom is 0.157 e. The molecule has 0 unspecified atom stereocenters. The number of aryl methyl sites for hydroxylation is 1. The van der Waals surface area contributed by atoms with E-state index in [1.165, 1.54) is 5.56 Å². The summed E-state index contributed by atoms with van der Waals surface area (Å²) >= 11 is 0. The molecule has 0 spiro atoms. The third-order valence-electron chi connectivity index (χ3n) is 5.28. The molecule has 2 aromatic carbocycles. The molecule has 0 amide bonds. The zero-order valence-electron chi connectivity index (χ0n) is 16.2. The van der Waals surface area contributed by atoms with Gasteiger partial charge in [-0.2, -0.15) is 0 Å². The van der Waals surface area contributed by atoms with Crippen molar-refractivity contribution in [2.24, 2.45) is 0 Å². The molecule has 6 nitrogen and oxygen atoms in total. The first kappa shape index (κ1) is 17.4. The van der Waals surface area contributed by atoms with Crippen LogP contribution >= 0.6 is 0 Å². The van der Waals surface area contributed by atoms with Gasteiger partial charge in [-0.25, -0.2) is 4.98 Å². The Kier molecular flexibility index (Phi) is 4.24. The molecule has 2 heterocycles. The zero-order valence-corrected chi connectivity index (χ0v) is 16.2. The molecule has 0 saturated heterocycles. The minimum absolute atomic E-state index is 0.730. The highest BCUT2D eigenvalue weighted by molar-refractivity contribution is 6.02. The third-order valence-corrected chi connectivity index (χ3v) is 5.28. The van der Waals surface area contributed by atoms with Gasteiger partial charge in [0.25, 0.3) is 0 Å². The monoisotopic (exact) mass is 382 g/mol. The van der Waals surface area contributed by atoms with Gasteiger partial charge in [-0.1, -0.05) is 18.2 Å². The van der Waals surface area contributed by atoms with Crippen molar-refractivity contribution in [3.63, 3.8) is 0 Å². The van der Waals surface area contributed by atoms with Gasteiger partial charge in [0.05, 0.1) is 6.20 Å². The number of rotatable bonds is 5. The van der Waals surface area contributed by atoms with E-state index in [1.54, 1.807) is 12.4 Å². The van der Waals surface area contributed by atoms with Crippen LogP contribution in [0.1, 0.15) is 24.5 Å². The van der Waals surface area contributed by atoms with Gasteiger partial charge in [-0.3, -0.25) is 9.38 Å². The summed E-state index contributed by atoms with van der Waals surface area (Å²) in [6, 6.07) is 14.5. The van der Waals surface area contributed by atoms with E-state index in [9.17, 15) is 0 Å². The van der Waals surface area contributed by atoms with E-state index in [1.807, 2.05) is 28.8 Å². The highest BCUT2D eigenvalue weighted by Gasteiger charge is 2.18. The Bertz CT molecular complexity index is 1220. The fraction of sp³-hybridized carbons (Fsp3) is 0.174. The second-order valence-corrected chi connectivity index (χ2v) is 7.20. The number of anilines is 3. The molecule has 29 heavy (non-hydrogen) atoms. The summed E-state index contributed by atoms with van der Waals surface area (Å²) in [5.41, 5.74) is 7.81. The van der Waals surface area contributed by atoms with Crippen LogP contribution in [0.4, 0.5) is 17.2 Å². The fourth-order valence-corrected chi connectivity index (χ4v) is 3.91. The van der Waals surface area contributed by atoms with Crippen molar-refractivity contribution in [3.05, 3.63) is 72.2 Å². The van der Waals surface area contributed by atoms with Gasteiger partial charge in [0.1, 0.15) is 11.5 Å². The lowest BCUT2D eigenvalue weighted by Crippen LogP contribution is -1.99. The number of nitrogens with zero attached hydrogens (tertiary/aromatic N) is 3. The Labute approximate surface area is 169 Å². The van der Waals surface area contributed by atoms with Crippen LogP contribution in [-0.2, 0) is 6.42 Å². The minimum atomic E-state index is 0.730. The van der Waals surface area contributed by atoms with E-state index in [4.69, 9.17) is 10.4 Å². The normalized spacial score (nSPS) is 12.9. The van der Waals surface area contributed by atoms with Gasteiger partial charge in [0.2, 0.25) is 0 Å². The predicted octanol–water partition coefficient (Wildman–Crippen LogP) is 4.89. The lowest BCUT2D eigenvalue weighted by molar-refractivity contribution is 1.09. The first-order chi connectivity index (χ1) is 14.2. The summed E-state index contributed by atoms with van der Waals surface area (Å²) in [7, 11) is 0. The largest absolute Gasteiger partial charge is 0.385 e. The number of nitrogens with one attached hydrogen (secondary N) is 3. The highest BCUT2D eigenvalue weighted by atomic mass is 15.1. The van der Waals surface area contributed by atoms with E-state index in [0.29, 0.717) is 0 Å². The van der Waals surface area contributed by atoms with Gasteiger partial charge in [0, 0.05) is 41.6 Å². The summed E-state index contributed by atoms with van der Waals surface area (Å²) in [6.07, 6.45) is 7.21. The summed E-state index contributed by atoms with van der Waals surface area (Å²) in [4.78, 5) is 9.06. The van der Waals surface area contributed by atoms with E-state index in [-0.39, 0.29) is 0 Å². The van der Waals surface area contributed by atoms with Crippen LogP contribution in [0.25, 0.3) is 16.9 Å². The van der Waals surface area contributed by atoms with Crippen LogP contribution in [0.2, 0.25) is 0 Å². The first-order valence-electron chi connectivity index (χ1n) is 9.87. The first-order valence-corrected chi connectivity index (χ1v) is 9.87. The predicted molar refractivity (Wildman–Crippen MR) is 117 cm³/mol. The van der Waals surface area contributed by atoms with Gasteiger partial charge in [0.15, 0.2) is 5.65 Å². The Balaban J connectivity index is 1.61. The average molecular weight is 382 g/mol. The molecule has 0 aliphatic heterocycles. The topological polar surface area (TPSA) is 78.1 Å². The second kappa shape index (κ2) is 7.05. The molecule has 0 saturated carbocycles. The second-order valence-electron chi connectivity index (χ2n) is 7.20. The van der Waals surface area contributed by atoms with Crippen LogP contribution in [0.15, 0.2) is 61.1 Å². The maximum atomic E-state index is 8.06. The summed E-state index contributed by atoms with van der Waals surface area (Å²) in [5, 5.41) is 15.0. The highest BCUT2D eigenvalue weighted by Crippen LogP contribution is 2.33. The van der Waals surface area contributed by atoms with E-state index in [2.05, 4.69) is 46.8 Å². The standard InChI is InChI=1S/C23H22N6/c1-2-26-17-5-3-4-16(13-17)22-23(29-11-10-25-14-21(29)28-22)27-18-7-8-19-15(12-18)6-9-20(19)24/h3-5,7-8,10-14,24,26-27H,2,6,9H2,1H3. The van der Waals surface area contributed by atoms with Crippen molar-refractivity contribution in [3.8, 4) is 11.3 Å². The molecule has 1 aliphatic carbocycles. The van der Waals surface area contributed by atoms with Crippen molar-refractivity contribution < 1.29 is 0 Å². The van der Waals surface area contributed by atoms with Crippen molar-refractivity contribution in [2.75, 3.05) is 17.2 Å². The number of imidazole rings is 1. The van der Waals surface area contributed by atoms with Crippen molar-refractivity contribution in [1.82, 2.24) is 14.4 Å². The van der Waals surface area contributed by atoms with Crippen molar-refractivity contribution in [1.29, 1.82) is 5.41 Å². The molecule has 6 heteroatoms. The molecule has 0 fully saturated rings. The van der Waals surface area contributed by atoms with Gasteiger partial charge in [-0.15, -0.1) is 0 Å². The van der Waals surface area contributed by atoms with Crippen molar-refractivity contribution >= 4 is 28.6 Å².